The van der Waals surface area contributed by atoms with Crippen LogP contribution >= 0.6 is 22.6 Å². The van der Waals surface area contributed by atoms with Crippen molar-refractivity contribution in [3.63, 3.8) is 0 Å². The predicted molar refractivity (Wildman–Crippen MR) is 105 cm³/mol. The molecule has 2 aromatic rings. The largest absolute Gasteiger partial charge is 0.490 e. The summed E-state index contributed by atoms with van der Waals surface area (Å²) in [6.45, 7) is 5.65. The summed E-state index contributed by atoms with van der Waals surface area (Å²) in [6, 6.07) is 14.1. The summed E-state index contributed by atoms with van der Waals surface area (Å²) in [5, 5.41) is 0. The van der Waals surface area contributed by atoms with E-state index in [0.29, 0.717) is 0 Å². The number of hydrogen-bond donors (Lipinski definition) is 0. The number of amides is 1. The molecule has 2 aromatic carbocycles. The quantitative estimate of drug-likeness (QED) is 0.661. The lowest BCUT2D eigenvalue weighted by Crippen LogP contribution is -2.41. The lowest BCUT2D eigenvalue weighted by molar-refractivity contribution is 0.0594. The summed E-state index contributed by atoms with van der Waals surface area (Å²) >= 11 is 2.25. The van der Waals surface area contributed by atoms with E-state index in [0.717, 1.165) is 46.4 Å². The van der Waals surface area contributed by atoms with Crippen molar-refractivity contribution in [3.05, 3.63) is 62.7 Å². The van der Waals surface area contributed by atoms with Gasteiger partial charge in [-0.1, -0.05) is 12.1 Å². The fourth-order valence-corrected chi connectivity index (χ4v) is 3.33. The van der Waals surface area contributed by atoms with Crippen LogP contribution in [-0.4, -0.2) is 30.0 Å². The number of carbonyl (C=O) groups is 1. The molecule has 1 amide bonds. The molecule has 126 valence electrons. The highest BCUT2D eigenvalue weighted by Gasteiger charge is 2.25. The van der Waals surface area contributed by atoms with Crippen molar-refractivity contribution < 1.29 is 9.53 Å². The van der Waals surface area contributed by atoms with Crippen molar-refractivity contribution in [2.75, 3.05) is 13.1 Å². The first-order chi connectivity index (χ1) is 11.5. The zero-order valence-electron chi connectivity index (χ0n) is 14.1. The van der Waals surface area contributed by atoms with E-state index < -0.39 is 0 Å². The standard InChI is InChI=1S/C20H22INO2/c1-14-3-4-15(2)19(13-14)24-18-9-11-22(12-10-18)20(23)16-5-7-17(21)8-6-16/h3-8,13,18H,9-12H2,1-2H3. The molecule has 1 heterocycles. The summed E-state index contributed by atoms with van der Waals surface area (Å²) in [7, 11) is 0. The molecule has 1 saturated heterocycles. The molecule has 0 N–H and O–H groups in total. The maximum atomic E-state index is 12.6. The van der Waals surface area contributed by atoms with Gasteiger partial charge < -0.3 is 9.64 Å². The zero-order chi connectivity index (χ0) is 17.1. The molecule has 1 aliphatic heterocycles. The second kappa shape index (κ2) is 7.55. The highest BCUT2D eigenvalue weighted by molar-refractivity contribution is 14.1. The molecular weight excluding hydrogens is 413 g/mol. The van der Waals surface area contributed by atoms with Gasteiger partial charge in [-0.05, 0) is 77.9 Å². The number of aryl methyl sites for hydroxylation is 2. The third kappa shape index (κ3) is 4.09. The number of ether oxygens (including phenoxy) is 1. The van der Waals surface area contributed by atoms with Crippen molar-refractivity contribution in [2.24, 2.45) is 0 Å². The molecule has 0 spiro atoms. The maximum absolute atomic E-state index is 12.6. The van der Waals surface area contributed by atoms with Crippen LogP contribution in [0.2, 0.25) is 0 Å². The molecule has 4 heteroatoms. The lowest BCUT2D eigenvalue weighted by atomic mass is 10.1. The van der Waals surface area contributed by atoms with E-state index >= 15 is 0 Å². The number of piperidine rings is 1. The predicted octanol–water partition coefficient (Wildman–Crippen LogP) is 4.59. The number of rotatable bonds is 3. The minimum atomic E-state index is 0.122. The Morgan fingerprint density at radius 3 is 2.42 bits per heavy atom. The second-order valence-electron chi connectivity index (χ2n) is 6.39. The Morgan fingerprint density at radius 2 is 1.75 bits per heavy atom. The van der Waals surface area contributed by atoms with Crippen molar-refractivity contribution in [1.82, 2.24) is 4.90 Å². The molecule has 24 heavy (non-hydrogen) atoms. The van der Waals surface area contributed by atoms with Crippen LogP contribution < -0.4 is 4.74 Å². The number of carbonyl (C=O) groups excluding carboxylic acids is 1. The topological polar surface area (TPSA) is 29.5 Å². The molecule has 0 unspecified atom stereocenters. The molecule has 1 aliphatic rings. The average molecular weight is 435 g/mol. The zero-order valence-corrected chi connectivity index (χ0v) is 16.2. The van der Waals surface area contributed by atoms with E-state index in [2.05, 4.69) is 54.6 Å². The van der Waals surface area contributed by atoms with Gasteiger partial charge in [0.15, 0.2) is 0 Å². The fraction of sp³-hybridized carbons (Fsp3) is 0.350. The Hall–Kier alpha value is -1.56. The van der Waals surface area contributed by atoms with Gasteiger partial charge in [0, 0.05) is 35.1 Å². The van der Waals surface area contributed by atoms with E-state index in [1.165, 1.54) is 5.56 Å². The summed E-state index contributed by atoms with van der Waals surface area (Å²) in [6.07, 6.45) is 1.94. The second-order valence-corrected chi connectivity index (χ2v) is 7.63. The van der Waals surface area contributed by atoms with Gasteiger partial charge in [0.05, 0.1) is 0 Å². The van der Waals surface area contributed by atoms with Crippen molar-refractivity contribution in [2.45, 2.75) is 32.8 Å². The summed E-state index contributed by atoms with van der Waals surface area (Å²) in [5.74, 6) is 1.09. The number of halogens is 1. The fourth-order valence-electron chi connectivity index (χ4n) is 2.97. The van der Waals surface area contributed by atoms with Crippen molar-refractivity contribution in [3.8, 4) is 5.75 Å². The Morgan fingerprint density at radius 1 is 1.08 bits per heavy atom. The van der Waals surface area contributed by atoms with E-state index in [4.69, 9.17) is 4.74 Å². The van der Waals surface area contributed by atoms with E-state index in [1.807, 2.05) is 29.2 Å². The van der Waals surface area contributed by atoms with Gasteiger partial charge in [-0.15, -0.1) is 0 Å². The van der Waals surface area contributed by atoms with Crippen molar-refractivity contribution >= 4 is 28.5 Å². The number of benzene rings is 2. The highest BCUT2D eigenvalue weighted by atomic mass is 127. The van der Waals surface area contributed by atoms with E-state index in [-0.39, 0.29) is 12.0 Å². The van der Waals surface area contributed by atoms with Crippen molar-refractivity contribution in [1.29, 1.82) is 0 Å². The summed E-state index contributed by atoms with van der Waals surface area (Å²) < 4.78 is 7.32. The summed E-state index contributed by atoms with van der Waals surface area (Å²) in [4.78, 5) is 14.5. The van der Waals surface area contributed by atoms with Gasteiger partial charge in [-0.25, -0.2) is 0 Å². The van der Waals surface area contributed by atoms with Gasteiger partial charge in [0.25, 0.3) is 5.91 Å². The first-order valence-electron chi connectivity index (χ1n) is 8.31. The lowest BCUT2D eigenvalue weighted by Gasteiger charge is -2.32. The molecule has 3 rings (SSSR count). The molecule has 0 atom stereocenters. The van der Waals surface area contributed by atoms with Gasteiger partial charge in [0.1, 0.15) is 11.9 Å². The van der Waals surface area contributed by atoms with Crippen LogP contribution in [0, 0.1) is 17.4 Å². The van der Waals surface area contributed by atoms with Gasteiger partial charge in [-0.3, -0.25) is 4.79 Å². The Kier molecular flexibility index (Phi) is 5.43. The van der Waals surface area contributed by atoms with E-state index in [1.54, 1.807) is 0 Å². The minimum Gasteiger partial charge on any atom is -0.490 e. The Labute approximate surface area is 157 Å². The van der Waals surface area contributed by atoms with Gasteiger partial charge in [0.2, 0.25) is 0 Å². The molecule has 0 aromatic heterocycles. The average Bonchev–Trinajstić information content (AvgIpc) is 2.59. The SMILES string of the molecule is Cc1ccc(C)c(OC2CCN(C(=O)c3ccc(I)cc3)CC2)c1. The Balaban J connectivity index is 1.58. The van der Waals surface area contributed by atoms with Crippen LogP contribution in [0.25, 0.3) is 0 Å². The molecule has 0 radical (unpaired) electrons. The molecule has 3 nitrogen and oxygen atoms in total. The normalized spacial score (nSPS) is 15.4. The first kappa shape index (κ1) is 17.3. The van der Waals surface area contributed by atoms with Gasteiger partial charge >= 0.3 is 0 Å². The maximum Gasteiger partial charge on any atom is 0.253 e. The minimum absolute atomic E-state index is 0.122. The molecule has 0 saturated carbocycles. The summed E-state index contributed by atoms with van der Waals surface area (Å²) in [5.41, 5.74) is 3.14. The van der Waals surface area contributed by atoms with Crippen LogP contribution in [0.3, 0.4) is 0 Å². The first-order valence-corrected chi connectivity index (χ1v) is 9.39. The number of likely N-dealkylation sites (tertiary alicyclic amines) is 1. The molecule has 0 bridgehead atoms. The van der Waals surface area contributed by atoms with Crippen LogP contribution in [0.1, 0.15) is 34.3 Å². The molecule has 0 aliphatic carbocycles. The molecular formula is C20H22INO2. The van der Waals surface area contributed by atoms with Crippen LogP contribution in [0.15, 0.2) is 42.5 Å². The van der Waals surface area contributed by atoms with Crippen LogP contribution in [0.4, 0.5) is 0 Å². The van der Waals surface area contributed by atoms with E-state index in [9.17, 15) is 4.79 Å². The third-order valence-electron chi connectivity index (χ3n) is 4.46. The third-order valence-corrected chi connectivity index (χ3v) is 5.18. The number of nitrogens with zero attached hydrogens (tertiary/aromatic N) is 1. The van der Waals surface area contributed by atoms with Crippen LogP contribution in [-0.2, 0) is 0 Å². The van der Waals surface area contributed by atoms with Gasteiger partial charge in [-0.2, -0.15) is 0 Å². The Bertz CT molecular complexity index is 719. The molecule has 1 fully saturated rings. The number of hydrogen-bond acceptors (Lipinski definition) is 2. The highest BCUT2D eigenvalue weighted by Crippen LogP contribution is 2.24. The monoisotopic (exact) mass is 435 g/mol. The van der Waals surface area contributed by atoms with Crippen LogP contribution in [0.5, 0.6) is 5.75 Å². The smallest absolute Gasteiger partial charge is 0.253 e.